The van der Waals surface area contributed by atoms with Crippen LogP contribution in [0.3, 0.4) is 0 Å². The van der Waals surface area contributed by atoms with E-state index in [1.165, 1.54) is 17.3 Å². The van der Waals surface area contributed by atoms with Crippen molar-refractivity contribution in [1.29, 1.82) is 0 Å². The fraction of sp³-hybridized carbons (Fsp3) is 0.654. The summed E-state index contributed by atoms with van der Waals surface area (Å²) in [5.41, 5.74) is -1.14. The van der Waals surface area contributed by atoms with Crippen LogP contribution in [0.2, 0.25) is 0 Å². The second kappa shape index (κ2) is 13.2. The number of piperidine rings is 1. The fourth-order valence-electron chi connectivity index (χ4n) is 5.28. The van der Waals surface area contributed by atoms with Crippen LogP contribution in [0, 0.1) is 11.8 Å². The summed E-state index contributed by atoms with van der Waals surface area (Å²) in [6, 6.07) is -0.398. The number of alkyl halides is 4. The molecule has 2 aromatic heterocycles. The maximum Gasteiger partial charge on any atom is 0.437 e. The van der Waals surface area contributed by atoms with Gasteiger partial charge in [0.2, 0.25) is 0 Å². The highest BCUT2D eigenvalue weighted by molar-refractivity contribution is 6.31. The molecule has 8 nitrogen and oxygen atoms in total. The molecule has 2 aromatic rings. The van der Waals surface area contributed by atoms with Crippen LogP contribution in [0.1, 0.15) is 44.8 Å². The van der Waals surface area contributed by atoms with E-state index in [4.69, 9.17) is 23.2 Å². The number of hydrogen-bond donors (Lipinski definition) is 2. The molecule has 39 heavy (non-hydrogen) atoms. The summed E-state index contributed by atoms with van der Waals surface area (Å²) in [4.78, 5) is 13.3. The highest BCUT2D eigenvalue weighted by atomic mass is 35.5. The minimum Gasteiger partial charge on any atom is -0.379 e. The Balaban J connectivity index is 1.45. The van der Waals surface area contributed by atoms with E-state index in [1.807, 2.05) is 0 Å². The van der Waals surface area contributed by atoms with Gasteiger partial charge in [-0.15, -0.1) is 11.6 Å². The van der Waals surface area contributed by atoms with Gasteiger partial charge in [-0.3, -0.25) is 5.32 Å². The molecular formula is C26H36Cl2F3N7O. The zero-order valence-electron chi connectivity index (χ0n) is 22.2. The number of hydrogen-bond acceptors (Lipinski definition) is 7. The quantitative estimate of drug-likeness (QED) is 0.221. The number of nitrogens with one attached hydrogen (secondary N) is 1. The number of aromatic nitrogens is 4. The number of aliphatic hydroxyl groups is 1. The number of anilines is 1. The van der Waals surface area contributed by atoms with Crippen LogP contribution < -0.4 is 10.2 Å². The van der Waals surface area contributed by atoms with Crippen LogP contribution in [-0.4, -0.2) is 81.1 Å². The van der Waals surface area contributed by atoms with Crippen LogP contribution in [0.15, 0.2) is 29.5 Å². The predicted octanol–water partition coefficient (Wildman–Crippen LogP) is 4.79. The summed E-state index contributed by atoms with van der Waals surface area (Å²) in [6.45, 7) is 8.82. The van der Waals surface area contributed by atoms with Crippen molar-refractivity contribution in [3.8, 4) is 0 Å². The van der Waals surface area contributed by atoms with E-state index in [2.05, 4.69) is 30.2 Å². The summed E-state index contributed by atoms with van der Waals surface area (Å²) in [5, 5.41) is 16.8. The summed E-state index contributed by atoms with van der Waals surface area (Å²) < 4.78 is 42.6. The van der Waals surface area contributed by atoms with E-state index in [0.717, 1.165) is 45.7 Å². The second-order valence-corrected chi connectivity index (χ2v) is 11.2. The van der Waals surface area contributed by atoms with Crippen LogP contribution in [0.25, 0.3) is 11.2 Å². The third-order valence-electron chi connectivity index (χ3n) is 7.41. The number of nitrogens with zero attached hydrogens (tertiary/aromatic N) is 6. The maximum absolute atomic E-state index is 13.8. The Labute approximate surface area is 236 Å². The molecule has 0 aliphatic carbocycles. The second-order valence-electron chi connectivity index (χ2n) is 10.4. The number of rotatable bonds is 11. The van der Waals surface area contributed by atoms with Crippen LogP contribution >= 0.6 is 23.2 Å². The Morgan fingerprint density at radius 2 is 2.03 bits per heavy atom. The Morgan fingerprint density at radius 3 is 2.72 bits per heavy atom. The van der Waals surface area contributed by atoms with Crippen molar-refractivity contribution in [3.05, 3.63) is 35.2 Å². The van der Waals surface area contributed by atoms with Gasteiger partial charge in [0.15, 0.2) is 11.3 Å². The molecular weight excluding hydrogens is 554 g/mol. The molecule has 4 heterocycles. The van der Waals surface area contributed by atoms with Crippen molar-refractivity contribution in [1.82, 2.24) is 30.0 Å². The highest BCUT2D eigenvalue weighted by Gasteiger charge is 2.40. The Hall–Kier alpha value is -1.92. The summed E-state index contributed by atoms with van der Waals surface area (Å²) >= 11 is 11.7. The molecule has 3 atom stereocenters. The zero-order valence-corrected chi connectivity index (χ0v) is 23.7. The lowest BCUT2D eigenvalue weighted by atomic mass is 9.80. The van der Waals surface area contributed by atoms with Gasteiger partial charge in [-0.2, -0.15) is 18.3 Å². The van der Waals surface area contributed by atoms with E-state index in [-0.39, 0.29) is 17.0 Å². The first-order valence-electron chi connectivity index (χ1n) is 13.4. The molecule has 2 aliphatic heterocycles. The number of halogens is 5. The zero-order chi connectivity index (χ0) is 28.2. The topological polar surface area (TPSA) is 82.3 Å². The third kappa shape index (κ3) is 7.64. The molecule has 4 rings (SSSR count). The van der Waals surface area contributed by atoms with E-state index >= 15 is 0 Å². The molecule has 0 saturated carbocycles. The Bertz CT molecular complexity index is 1160. The molecule has 2 N–H and O–H groups in total. The van der Waals surface area contributed by atoms with Crippen molar-refractivity contribution >= 4 is 40.2 Å². The lowest BCUT2D eigenvalue weighted by Crippen LogP contribution is -2.54. The summed E-state index contributed by atoms with van der Waals surface area (Å²) in [7, 11) is 0. The molecule has 2 fully saturated rings. The average molecular weight is 591 g/mol. The SMILES string of the molecule is CC(O)NCCN1CCC[C@H](C2CN(c3cnc4c(C(F)(F)F)nn([C@H](C)C/C=C\C(Cl)=C/CCl)c4n3)C2)C1. The van der Waals surface area contributed by atoms with Crippen molar-refractivity contribution in [2.75, 3.05) is 50.0 Å². The molecule has 0 spiro atoms. The normalized spacial score (nSPS) is 21.6. The van der Waals surface area contributed by atoms with Gasteiger partial charge in [0.1, 0.15) is 17.6 Å². The lowest BCUT2D eigenvalue weighted by Gasteiger charge is -2.47. The minimum atomic E-state index is -4.64. The Kier molecular flexibility index (Phi) is 10.1. The smallest absolute Gasteiger partial charge is 0.379 e. The molecule has 216 valence electrons. The van der Waals surface area contributed by atoms with Crippen LogP contribution in [0.5, 0.6) is 0 Å². The molecule has 1 unspecified atom stereocenters. The first-order chi connectivity index (χ1) is 18.6. The maximum atomic E-state index is 13.8. The predicted molar refractivity (Wildman–Crippen MR) is 148 cm³/mol. The average Bonchev–Trinajstić information content (AvgIpc) is 3.23. The number of fused-ring (bicyclic) bond motifs is 1. The van der Waals surface area contributed by atoms with Gasteiger partial charge in [0.25, 0.3) is 0 Å². The monoisotopic (exact) mass is 589 g/mol. The Morgan fingerprint density at radius 1 is 1.26 bits per heavy atom. The fourth-order valence-corrected chi connectivity index (χ4v) is 5.69. The van der Waals surface area contributed by atoms with Gasteiger partial charge in [-0.1, -0.05) is 23.8 Å². The summed E-state index contributed by atoms with van der Waals surface area (Å²) in [5.74, 6) is 1.90. The molecule has 13 heteroatoms. The molecule has 0 bridgehead atoms. The van der Waals surface area contributed by atoms with Gasteiger partial charge in [-0.25, -0.2) is 14.6 Å². The number of allylic oxidation sites excluding steroid dienone is 4. The number of likely N-dealkylation sites (tertiary alicyclic amines) is 1. The van der Waals surface area contributed by atoms with Gasteiger partial charge in [0.05, 0.1) is 12.2 Å². The third-order valence-corrected chi connectivity index (χ3v) is 7.85. The van der Waals surface area contributed by atoms with Crippen LogP contribution in [0.4, 0.5) is 19.0 Å². The van der Waals surface area contributed by atoms with Gasteiger partial charge < -0.3 is 14.9 Å². The highest BCUT2D eigenvalue weighted by Crippen LogP contribution is 2.37. The summed E-state index contributed by atoms with van der Waals surface area (Å²) in [6.07, 6.45) is 4.07. The largest absolute Gasteiger partial charge is 0.437 e. The van der Waals surface area contributed by atoms with E-state index in [9.17, 15) is 18.3 Å². The standard InChI is InChI=1S/C26H36Cl2F3N7O/c1-17(5-3-7-21(28)8-9-27)38-25-23(24(35-38)26(29,30)31)33-13-22(34-25)37-15-20(16-37)19-6-4-11-36(14-19)12-10-32-18(2)39/h3,7-8,13,17-20,32,39H,4-6,9-12,14-16H2,1-2H3/b7-3-,21-8+/t17-,18?,19+/m1/s1. The first-order valence-corrected chi connectivity index (χ1v) is 14.3. The van der Waals surface area contributed by atoms with Gasteiger partial charge in [0, 0.05) is 43.6 Å². The first kappa shape index (κ1) is 30.0. The van der Waals surface area contributed by atoms with Gasteiger partial charge in [-0.05, 0) is 57.6 Å². The molecule has 0 amide bonds. The minimum absolute atomic E-state index is 0.126. The van der Waals surface area contributed by atoms with Crippen LogP contribution in [-0.2, 0) is 6.18 Å². The van der Waals surface area contributed by atoms with E-state index in [1.54, 1.807) is 32.1 Å². The van der Waals surface area contributed by atoms with Gasteiger partial charge >= 0.3 is 6.18 Å². The molecule has 2 aliphatic rings. The lowest BCUT2D eigenvalue weighted by molar-refractivity contribution is -0.140. The molecule has 0 aromatic carbocycles. The van der Waals surface area contributed by atoms with E-state index < -0.39 is 24.1 Å². The number of aliphatic hydroxyl groups excluding tert-OH is 1. The molecule has 2 saturated heterocycles. The van der Waals surface area contributed by atoms with E-state index in [0.29, 0.717) is 29.1 Å². The van der Waals surface area contributed by atoms with Crippen molar-refractivity contribution in [2.45, 2.75) is 51.6 Å². The van der Waals surface area contributed by atoms with Crippen molar-refractivity contribution in [3.63, 3.8) is 0 Å². The molecule has 0 radical (unpaired) electrons. The van der Waals surface area contributed by atoms with Crippen molar-refractivity contribution < 1.29 is 18.3 Å². The van der Waals surface area contributed by atoms with Crippen molar-refractivity contribution in [2.24, 2.45) is 11.8 Å².